The number of nitrogens with one attached hydrogen (secondary N) is 2. The molecule has 0 saturated carbocycles. The first-order valence-corrected chi connectivity index (χ1v) is 10.5. The molecular formula is C24H35N5O3. The number of nitrogens with zero attached hydrogens (tertiary/aromatic N) is 3. The van der Waals surface area contributed by atoms with Crippen molar-refractivity contribution in [2.24, 2.45) is 4.99 Å². The molecule has 0 bridgehead atoms. The number of benzene rings is 2. The maximum absolute atomic E-state index is 12.4. The minimum atomic E-state index is -0.0678. The fourth-order valence-corrected chi connectivity index (χ4v) is 3.20. The van der Waals surface area contributed by atoms with Crippen LogP contribution in [0.25, 0.3) is 0 Å². The van der Waals surface area contributed by atoms with Gasteiger partial charge in [0.05, 0.1) is 14.2 Å². The SMILES string of the molecule is CN=C(NCc1cccc(C(=O)NCCN(C)C)c1)N(C)Cc1ccc(OC)cc1OC. The van der Waals surface area contributed by atoms with Gasteiger partial charge in [0.1, 0.15) is 11.5 Å². The Morgan fingerprint density at radius 2 is 1.81 bits per heavy atom. The van der Waals surface area contributed by atoms with E-state index >= 15 is 0 Å². The van der Waals surface area contributed by atoms with Gasteiger partial charge in [0.15, 0.2) is 5.96 Å². The summed E-state index contributed by atoms with van der Waals surface area (Å²) in [5.41, 5.74) is 2.67. The first-order valence-electron chi connectivity index (χ1n) is 10.5. The molecule has 0 unspecified atom stereocenters. The fourth-order valence-electron chi connectivity index (χ4n) is 3.20. The molecule has 0 aliphatic heterocycles. The molecule has 8 heteroatoms. The van der Waals surface area contributed by atoms with Gasteiger partial charge in [-0.2, -0.15) is 0 Å². The van der Waals surface area contributed by atoms with Gasteiger partial charge in [0.25, 0.3) is 5.91 Å². The Kier molecular flexibility index (Phi) is 9.81. The average molecular weight is 442 g/mol. The molecule has 0 aliphatic carbocycles. The van der Waals surface area contributed by atoms with Gasteiger partial charge in [-0.1, -0.05) is 12.1 Å². The van der Waals surface area contributed by atoms with Crippen molar-refractivity contribution in [2.45, 2.75) is 13.1 Å². The van der Waals surface area contributed by atoms with Crippen LogP contribution < -0.4 is 20.1 Å². The summed E-state index contributed by atoms with van der Waals surface area (Å²) in [4.78, 5) is 20.8. The summed E-state index contributed by atoms with van der Waals surface area (Å²) < 4.78 is 10.8. The summed E-state index contributed by atoms with van der Waals surface area (Å²) in [6.45, 7) is 2.58. The number of aliphatic imine (C=N–C) groups is 1. The Morgan fingerprint density at radius 1 is 1.03 bits per heavy atom. The minimum absolute atomic E-state index is 0.0678. The van der Waals surface area contributed by atoms with Crippen LogP contribution in [0.5, 0.6) is 11.5 Å². The molecule has 174 valence electrons. The molecule has 2 rings (SSSR count). The topological polar surface area (TPSA) is 78.4 Å². The highest BCUT2D eigenvalue weighted by molar-refractivity contribution is 5.94. The van der Waals surface area contributed by atoms with Crippen LogP contribution >= 0.6 is 0 Å². The molecule has 0 aromatic heterocycles. The zero-order valence-corrected chi connectivity index (χ0v) is 19.9. The van der Waals surface area contributed by atoms with Crippen molar-refractivity contribution in [3.63, 3.8) is 0 Å². The number of guanidine groups is 1. The lowest BCUT2D eigenvalue weighted by molar-refractivity contribution is 0.0951. The largest absolute Gasteiger partial charge is 0.497 e. The molecule has 0 aliphatic rings. The third kappa shape index (κ3) is 7.46. The molecule has 0 atom stereocenters. The summed E-state index contributed by atoms with van der Waals surface area (Å²) in [6, 6.07) is 13.4. The van der Waals surface area contributed by atoms with E-state index in [0.29, 0.717) is 25.2 Å². The lowest BCUT2D eigenvalue weighted by Crippen LogP contribution is -2.38. The Bertz CT molecular complexity index is 914. The second-order valence-electron chi connectivity index (χ2n) is 7.69. The highest BCUT2D eigenvalue weighted by Crippen LogP contribution is 2.25. The number of methoxy groups -OCH3 is 2. The summed E-state index contributed by atoms with van der Waals surface area (Å²) in [5.74, 6) is 2.19. The van der Waals surface area contributed by atoms with E-state index in [2.05, 4.69) is 15.6 Å². The first-order chi connectivity index (χ1) is 15.4. The molecule has 0 spiro atoms. The number of likely N-dealkylation sites (N-methyl/N-ethyl adjacent to an activating group) is 1. The molecule has 32 heavy (non-hydrogen) atoms. The highest BCUT2D eigenvalue weighted by atomic mass is 16.5. The number of carbonyl (C=O) groups excluding carboxylic acids is 1. The molecule has 0 fully saturated rings. The Hall–Kier alpha value is -3.26. The standard InChI is InChI=1S/C24H35N5O3/c1-25-24(29(4)17-20-10-11-21(31-5)15-22(20)32-6)27-16-18-8-7-9-19(14-18)23(30)26-12-13-28(2)3/h7-11,14-15H,12-13,16-17H2,1-6H3,(H,25,27)(H,26,30). The molecule has 2 N–H and O–H groups in total. The molecule has 2 aromatic rings. The zero-order chi connectivity index (χ0) is 23.5. The van der Waals surface area contributed by atoms with Gasteiger partial charge < -0.3 is 29.9 Å². The molecule has 0 heterocycles. The predicted octanol–water partition coefficient (Wildman–Crippen LogP) is 2.20. The third-order valence-corrected chi connectivity index (χ3v) is 4.96. The van der Waals surface area contributed by atoms with Crippen molar-refractivity contribution in [1.82, 2.24) is 20.4 Å². The van der Waals surface area contributed by atoms with Crippen molar-refractivity contribution >= 4 is 11.9 Å². The van der Waals surface area contributed by atoms with Crippen LogP contribution in [-0.2, 0) is 13.1 Å². The number of rotatable bonds is 10. The van der Waals surface area contributed by atoms with Crippen LogP contribution in [-0.4, -0.2) is 77.2 Å². The molecule has 1 amide bonds. The quantitative estimate of drug-likeness (QED) is 0.435. The minimum Gasteiger partial charge on any atom is -0.497 e. The van der Waals surface area contributed by atoms with Gasteiger partial charge in [0.2, 0.25) is 0 Å². The van der Waals surface area contributed by atoms with Crippen molar-refractivity contribution in [2.75, 3.05) is 55.5 Å². The van der Waals surface area contributed by atoms with Crippen LogP contribution in [0.4, 0.5) is 0 Å². The molecule has 2 aromatic carbocycles. The summed E-state index contributed by atoms with van der Waals surface area (Å²) in [5, 5.41) is 6.31. The molecule has 8 nitrogen and oxygen atoms in total. The summed E-state index contributed by atoms with van der Waals surface area (Å²) >= 11 is 0. The van der Waals surface area contributed by atoms with Crippen LogP contribution in [0.2, 0.25) is 0 Å². The van der Waals surface area contributed by atoms with E-state index < -0.39 is 0 Å². The molecular weight excluding hydrogens is 406 g/mol. The van der Waals surface area contributed by atoms with Crippen molar-refractivity contribution in [3.8, 4) is 11.5 Å². The number of ether oxygens (including phenoxy) is 2. The van der Waals surface area contributed by atoms with Crippen molar-refractivity contribution in [3.05, 3.63) is 59.2 Å². The molecule has 0 saturated heterocycles. The van der Waals surface area contributed by atoms with Gasteiger partial charge in [-0.15, -0.1) is 0 Å². The van der Waals surface area contributed by atoms with Gasteiger partial charge in [0, 0.05) is 57.5 Å². The Morgan fingerprint density at radius 3 is 2.47 bits per heavy atom. The zero-order valence-electron chi connectivity index (χ0n) is 19.9. The van der Waals surface area contributed by atoms with E-state index in [1.54, 1.807) is 21.3 Å². The lowest BCUT2D eigenvalue weighted by atomic mass is 10.1. The Labute approximate surface area is 191 Å². The third-order valence-electron chi connectivity index (χ3n) is 4.96. The highest BCUT2D eigenvalue weighted by Gasteiger charge is 2.12. The van der Waals surface area contributed by atoms with E-state index in [1.807, 2.05) is 73.4 Å². The van der Waals surface area contributed by atoms with E-state index in [1.165, 1.54) is 0 Å². The van der Waals surface area contributed by atoms with Crippen molar-refractivity contribution in [1.29, 1.82) is 0 Å². The molecule has 0 radical (unpaired) electrons. The second-order valence-corrected chi connectivity index (χ2v) is 7.69. The maximum atomic E-state index is 12.4. The van der Waals surface area contributed by atoms with Gasteiger partial charge in [-0.3, -0.25) is 9.79 Å². The normalized spacial score (nSPS) is 11.3. The van der Waals surface area contributed by atoms with Crippen LogP contribution in [0, 0.1) is 0 Å². The lowest BCUT2D eigenvalue weighted by Gasteiger charge is -2.23. The monoisotopic (exact) mass is 441 g/mol. The maximum Gasteiger partial charge on any atom is 0.251 e. The van der Waals surface area contributed by atoms with E-state index in [9.17, 15) is 4.79 Å². The second kappa shape index (κ2) is 12.6. The van der Waals surface area contributed by atoms with Gasteiger partial charge >= 0.3 is 0 Å². The number of hydrogen-bond acceptors (Lipinski definition) is 5. The van der Waals surface area contributed by atoms with E-state index in [4.69, 9.17) is 9.47 Å². The van der Waals surface area contributed by atoms with E-state index in [-0.39, 0.29) is 5.91 Å². The Balaban J connectivity index is 1.98. The summed E-state index contributed by atoms with van der Waals surface area (Å²) in [7, 11) is 11.0. The smallest absolute Gasteiger partial charge is 0.251 e. The van der Waals surface area contributed by atoms with Crippen LogP contribution in [0.3, 0.4) is 0 Å². The average Bonchev–Trinajstić information content (AvgIpc) is 2.79. The van der Waals surface area contributed by atoms with Crippen molar-refractivity contribution < 1.29 is 14.3 Å². The number of carbonyl (C=O) groups is 1. The van der Waals surface area contributed by atoms with Crippen LogP contribution in [0.1, 0.15) is 21.5 Å². The summed E-state index contributed by atoms with van der Waals surface area (Å²) in [6.07, 6.45) is 0. The van der Waals surface area contributed by atoms with E-state index in [0.717, 1.165) is 35.1 Å². The number of amides is 1. The predicted molar refractivity (Wildman–Crippen MR) is 129 cm³/mol. The number of hydrogen-bond donors (Lipinski definition) is 2. The van der Waals surface area contributed by atoms with Crippen LogP contribution in [0.15, 0.2) is 47.5 Å². The van der Waals surface area contributed by atoms with Gasteiger partial charge in [-0.05, 0) is 43.9 Å². The fraction of sp³-hybridized carbons (Fsp3) is 0.417. The first kappa shape index (κ1) is 25.0. The van der Waals surface area contributed by atoms with Gasteiger partial charge in [-0.25, -0.2) is 0 Å².